The minimum Gasteiger partial charge on any atom is -0.338 e. The summed E-state index contributed by atoms with van der Waals surface area (Å²) in [6.45, 7) is 4.15. The van der Waals surface area contributed by atoms with Gasteiger partial charge < -0.3 is 15.2 Å². The van der Waals surface area contributed by atoms with Gasteiger partial charge in [0.05, 0.1) is 0 Å². The van der Waals surface area contributed by atoms with Crippen LogP contribution in [0.15, 0.2) is 24.3 Å². The molecule has 1 aliphatic rings. The van der Waals surface area contributed by atoms with Crippen molar-refractivity contribution in [2.24, 2.45) is 0 Å². The van der Waals surface area contributed by atoms with Crippen molar-refractivity contribution in [2.75, 3.05) is 6.54 Å². The monoisotopic (exact) mass is 327 g/mol. The number of carbonyl (C=O) groups is 1. The average molecular weight is 327 g/mol. The summed E-state index contributed by atoms with van der Waals surface area (Å²) in [6, 6.07) is 8.01. The van der Waals surface area contributed by atoms with Gasteiger partial charge in [0.1, 0.15) is 11.6 Å². The number of hydrogen-bond acceptors (Lipinski definition) is 3. The molecule has 0 saturated carbocycles. The van der Waals surface area contributed by atoms with Gasteiger partial charge in [-0.25, -0.2) is 4.79 Å². The van der Waals surface area contributed by atoms with Crippen molar-refractivity contribution in [3.05, 3.63) is 47.0 Å². The lowest BCUT2D eigenvalue weighted by Gasteiger charge is -2.09. The van der Waals surface area contributed by atoms with Gasteiger partial charge in [-0.15, -0.1) is 10.2 Å². The topological polar surface area (TPSA) is 71.8 Å². The number of nitrogens with one attached hydrogen (secondary N) is 2. The maximum absolute atomic E-state index is 11.9. The van der Waals surface area contributed by atoms with Crippen LogP contribution in [0.4, 0.5) is 4.79 Å². The van der Waals surface area contributed by atoms with Crippen molar-refractivity contribution < 1.29 is 4.79 Å². The first-order valence-electron chi connectivity index (χ1n) is 8.70. The molecule has 0 spiro atoms. The fourth-order valence-corrected chi connectivity index (χ4v) is 2.97. The van der Waals surface area contributed by atoms with Crippen molar-refractivity contribution in [3.63, 3.8) is 0 Å². The van der Waals surface area contributed by atoms with E-state index in [0.717, 1.165) is 30.2 Å². The number of hydrogen-bond donors (Lipinski definition) is 2. The Labute approximate surface area is 142 Å². The van der Waals surface area contributed by atoms with E-state index in [4.69, 9.17) is 0 Å². The normalized spacial score (nSPS) is 13.9. The summed E-state index contributed by atoms with van der Waals surface area (Å²) in [5, 5.41) is 14.3. The van der Waals surface area contributed by atoms with Crippen LogP contribution in [-0.4, -0.2) is 27.3 Å². The van der Waals surface area contributed by atoms with E-state index in [2.05, 4.69) is 32.3 Å². The van der Waals surface area contributed by atoms with Gasteiger partial charge in [-0.1, -0.05) is 36.2 Å². The van der Waals surface area contributed by atoms with Gasteiger partial charge in [-0.2, -0.15) is 0 Å². The van der Waals surface area contributed by atoms with Gasteiger partial charge in [0.15, 0.2) is 0 Å². The molecule has 0 unspecified atom stereocenters. The van der Waals surface area contributed by atoms with Gasteiger partial charge in [0, 0.05) is 32.5 Å². The average Bonchev–Trinajstić information content (AvgIpc) is 2.81. The number of urea groups is 1. The fourth-order valence-electron chi connectivity index (χ4n) is 2.97. The Morgan fingerprint density at radius 2 is 1.96 bits per heavy atom. The second-order valence-electron chi connectivity index (χ2n) is 6.34. The molecule has 128 valence electrons. The summed E-state index contributed by atoms with van der Waals surface area (Å²) >= 11 is 0. The van der Waals surface area contributed by atoms with E-state index in [9.17, 15) is 4.79 Å². The highest BCUT2D eigenvalue weighted by Gasteiger charge is 2.14. The molecule has 0 bridgehead atoms. The van der Waals surface area contributed by atoms with Crippen LogP contribution in [0.1, 0.15) is 42.0 Å². The van der Waals surface area contributed by atoms with E-state index < -0.39 is 0 Å². The maximum Gasteiger partial charge on any atom is 0.315 e. The summed E-state index contributed by atoms with van der Waals surface area (Å²) in [7, 11) is 0. The molecule has 6 heteroatoms. The van der Waals surface area contributed by atoms with Crippen LogP contribution in [0.2, 0.25) is 0 Å². The Balaban J connectivity index is 1.42. The molecule has 0 radical (unpaired) electrons. The van der Waals surface area contributed by atoms with Gasteiger partial charge in [0.25, 0.3) is 0 Å². The van der Waals surface area contributed by atoms with Gasteiger partial charge >= 0.3 is 6.03 Å². The molecule has 0 saturated heterocycles. The zero-order valence-corrected chi connectivity index (χ0v) is 14.2. The molecule has 1 aromatic carbocycles. The number of aryl methyl sites for hydroxylation is 2. The Morgan fingerprint density at radius 3 is 2.79 bits per heavy atom. The third-order valence-corrected chi connectivity index (χ3v) is 4.39. The lowest BCUT2D eigenvalue weighted by Crippen LogP contribution is -2.36. The third kappa shape index (κ3) is 4.34. The highest BCUT2D eigenvalue weighted by molar-refractivity contribution is 5.73. The van der Waals surface area contributed by atoms with Crippen molar-refractivity contribution in [2.45, 2.75) is 52.1 Å². The first-order chi connectivity index (χ1) is 11.7. The number of rotatable bonds is 5. The smallest absolute Gasteiger partial charge is 0.315 e. The molecule has 1 aliphatic heterocycles. The van der Waals surface area contributed by atoms with Crippen LogP contribution >= 0.6 is 0 Å². The predicted molar refractivity (Wildman–Crippen MR) is 92.7 cm³/mol. The van der Waals surface area contributed by atoms with Crippen LogP contribution in [0, 0.1) is 6.92 Å². The lowest BCUT2D eigenvalue weighted by atomic mass is 10.1. The van der Waals surface area contributed by atoms with Crippen molar-refractivity contribution in [1.29, 1.82) is 0 Å². The Morgan fingerprint density at radius 1 is 1.12 bits per heavy atom. The molecule has 2 aromatic rings. The van der Waals surface area contributed by atoms with Gasteiger partial charge in [-0.05, 0) is 25.3 Å². The van der Waals surface area contributed by atoms with E-state index in [1.54, 1.807) is 0 Å². The van der Waals surface area contributed by atoms with Crippen LogP contribution in [0.5, 0.6) is 0 Å². The fraction of sp³-hybridized carbons (Fsp3) is 0.500. The number of nitrogens with zero attached hydrogens (tertiary/aromatic N) is 3. The van der Waals surface area contributed by atoms with Crippen molar-refractivity contribution >= 4 is 6.03 Å². The molecule has 2 heterocycles. The summed E-state index contributed by atoms with van der Waals surface area (Å²) < 4.78 is 2.22. The highest BCUT2D eigenvalue weighted by Crippen LogP contribution is 2.14. The minimum atomic E-state index is -0.147. The zero-order chi connectivity index (χ0) is 16.8. The first-order valence-corrected chi connectivity index (χ1v) is 8.70. The number of benzene rings is 1. The van der Waals surface area contributed by atoms with Crippen LogP contribution in [-0.2, 0) is 25.9 Å². The van der Waals surface area contributed by atoms with E-state index in [0.29, 0.717) is 19.5 Å². The number of carbonyl (C=O) groups excluding carboxylic acids is 1. The Hall–Kier alpha value is -2.37. The molecule has 0 fully saturated rings. The molecule has 3 rings (SSSR count). The molecular formula is C18H25N5O. The summed E-state index contributed by atoms with van der Waals surface area (Å²) in [4.78, 5) is 11.9. The number of amides is 2. The maximum atomic E-state index is 11.9. The lowest BCUT2D eigenvalue weighted by molar-refractivity contribution is 0.240. The van der Waals surface area contributed by atoms with E-state index in [-0.39, 0.29) is 6.03 Å². The summed E-state index contributed by atoms with van der Waals surface area (Å²) in [6.07, 6.45) is 5.35. The van der Waals surface area contributed by atoms with Crippen LogP contribution in [0.25, 0.3) is 0 Å². The molecule has 2 N–H and O–H groups in total. The van der Waals surface area contributed by atoms with Crippen LogP contribution < -0.4 is 10.6 Å². The first kappa shape index (κ1) is 16.5. The van der Waals surface area contributed by atoms with Crippen molar-refractivity contribution in [1.82, 2.24) is 25.4 Å². The highest BCUT2D eigenvalue weighted by atomic mass is 16.2. The number of aromatic nitrogens is 3. The number of fused-ring (bicyclic) bond motifs is 1. The zero-order valence-electron chi connectivity index (χ0n) is 14.2. The van der Waals surface area contributed by atoms with E-state index in [1.165, 1.54) is 24.8 Å². The Kier molecular flexibility index (Phi) is 5.46. The standard InChI is InChI=1S/C18H25N5O/c1-14-6-8-15(9-7-14)13-20-18(24)19-11-10-17-22-21-16-5-3-2-4-12-23(16)17/h6-9H,2-5,10-13H2,1H3,(H2,19,20,24). The summed E-state index contributed by atoms with van der Waals surface area (Å²) in [5.74, 6) is 2.07. The second kappa shape index (κ2) is 7.95. The SMILES string of the molecule is Cc1ccc(CNC(=O)NCCc2nnc3n2CCCCC3)cc1. The van der Waals surface area contributed by atoms with E-state index >= 15 is 0 Å². The van der Waals surface area contributed by atoms with Gasteiger partial charge in [-0.3, -0.25) is 0 Å². The largest absolute Gasteiger partial charge is 0.338 e. The molecule has 2 amide bonds. The quantitative estimate of drug-likeness (QED) is 0.885. The summed E-state index contributed by atoms with van der Waals surface area (Å²) in [5.41, 5.74) is 2.31. The molecule has 0 aliphatic carbocycles. The second-order valence-corrected chi connectivity index (χ2v) is 6.34. The van der Waals surface area contributed by atoms with E-state index in [1.807, 2.05) is 24.3 Å². The van der Waals surface area contributed by atoms with Crippen LogP contribution in [0.3, 0.4) is 0 Å². The molecule has 6 nitrogen and oxygen atoms in total. The van der Waals surface area contributed by atoms with Gasteiger partial charge in [0.2, 0.25) is 0 Å². The molecule has 24 heavy (non-hydrogen) atoms. The molecular weight excluding hydrogens is 302 g/mol. The predicted octanol–water partition coefficient (Wildman–Crippen LogP) is 2.35. The molecule has 1 aromatic heterocycles. The van der Waals surface area contributed by atoms with Crippen molar-refractivity contribution in [3.8, 4) is 0 Å². The molecule has 0 atom stereocenters. The third-order valence-electron chi connectivity index (χ3n) is 4.39. The minimum absolute atomic E-state index is 0.147. The Bertz CT molecular complexity index is 677.